The molecule has 1 atom stereocenters. The minimum Gasteiger partial charge on any atom is -0.244 e. The van der Waals surface area contributed by atoms with Gasteiger partial charge in [-0.3, -0.25) is 0 Å². The molecule has 0 aliphatic carbocycles. The van der Waals surface area contributed by atoms with Crippen LogP contribution in [0, 0.1) is 0 Å². The van der Waals surface area contributed by atoms with E-state index in [0.717, 1.165) is 6.26 Å². The van der Waals surface area contributed by atoms with Crippen molar-refractivity contribution in [2.24, 2.45) is 0 Å². The smallest absolute Gasteiger partial charge is 0.244 e. The molecule has 0 saturated heterocycles. The predicted molar refractivity (Wildman–Crippen MR) is 83.2 cm³/mol. The molecule has 9 heteroatoms. The fraction of sp³-hybridized carbons (Fsp3) is 0.0769. The Morgan fingerprint density at radius 2 is 1.82 bits per heavy atom. The van der Waals surface area contributed by atoms with E-state index in [0.29, 0.717) is 21.7 Å². The highest BCUT2D eigenvalue weighted by Crippen LogP contribution is 2.34. The van der Waals surface area contributed by atoms with Crippen LogP contribution in [0.25, 0.3) is 5.57 Å². The van der Waals surface area contributed by atoms with E-state index < -0.39 is 28.6 Å². The van der Waals surface area contributed by atoms with Gasteiger partial charge in [0.25, 0.3) is 0 Å². The van der Waals surface area contributed by atoms with Crippen molar-refractivity contribution in [2.75, 3.05) is 6.26 Å². The van der Waals surface area contributed by atoms with Crippen LogP contribution < -0.4 is 0 Å². The average molecular weight is 354 g/mol. The molecule has 114 valence electrons. The molecule has 0 fully saturated rings. The van der Waals surface area contributed by atoms with Crippen molar-refractivity contribution in [3.8, 4) is 0 Å². The Labute approximate surface area is 130 Å². The molecular formula is C13H10N2O4S3. The summed E-state index contributed by atoms with van der Waals surface area (Å²) in [7, 11) is -6.66. The van der Waals surface area contributed by atoms with Crippen LogP contribution in [-0.2, 0) is 28.6 Å². The quantitative estimate of drug-likeness (QED) is 0.800. The van der Waals surface area contributed by atoms with E-state index in [9.17, 15) is 16.8 Å². The lowest BCUT2D eigenvalue weighted by Gasteiger charge is -2.05. The molecule has 1 aromatic heterocycles. The maximum Gasteiger partial charge on any atom is 0.249 e. The number of fused-ring (bicyclic) bond motifs is 1. The number of rotatable bonds is 2. The molecule has 2 aromatic rings. The standard InChI is InChI=1S/C13H10N2O4S3/c1-22(18,19)10-4-2-9(3-5-10)11-7-20(21(16)17)12-6-14-8-15-13(11)12/h2-8H,1H3. The van der Waals surface area contributed by atoms with E-state index in [1.165, 1.54) is 24.7 Å². The van der Waals surface area contributed by atoms with E-state index >= 15 is 0 Å². The lowest BCUT2D eigenvalue weighted by atomic mass is 10.0. The summed E-state index contributed by atoms with van der Waals surface area (Å²) in [6.07, 6.45) is 3.99. The molecule has 0 bridgehead atoms. The summed E-state index contributed by atoms with van der Waals surface area (Å²) < 4.78 is 45.7. The maximum absolute atomic E-state index is 11.5. The monoisotopic (exact) mass is 354 g/mol. The third-order valence-corrected chi connectivity index (χ3v) is 7.43. The highest BCUT2D eigenvalue weighted by molar-refractivity contribution is 8.35. The summed E-state index contributed by atoms with van der Waals surface area (Å²) in [6.45, 7) is 0. The topological polar surface area (TPSA) is 94.1 Å². The molecule has 6 nitrogen and oxygen atoms in total. The summed E-state index contributed by atoms with van der Waals surface area (Å²) in [5, 5.41) is 1.62. The van der Waals surface area contributed by atoms with Crippen LogP contribution in [0.4, 0.5) is 0 Å². The molecule has 1 aliphatic rings. The molecule has 1 unspecified atom stereocenters. The minimum absolute atomic E-state index is 0.212. The van der Waals surface area contributed by atoms with Crippen LogP contribution in [0.3, 0.4) is 0 Å². The number of sulfone groups is 1. The van der Waals surface area contributed by atoms with Gasteiger partial charge in [0.15, 0.2) is 9.84 Å². The van der Waals surface area contributed by atoms with Crippen molar-refractivity contribution in [3.63, 3.8) is 0 Å². The van der Waals surface area contributed by atoms with Gasteiger partial charge in [-0.1, -0.05) is 12.1 Å². The lowest BCUT2D eigenvalue weighted by molar-refractivity contribution is 0.602. The molecule has 3 rings (SSSR count). The molecule has 1 aliphatic heterocycles. The second kappa shape index (κ2) is 5.41. The van der Waals surface area contributed by atoms with Gasteiger partial charge in [0.1, 0.15) is 6.33 Å². The summed E-state index contributed by atoms with van der Waals surface area (Å²) in [6, 6.07) is 6.29. The number of hydrogen-bond acceptors (Lipinski definition) is 6. The molecule has 0 amide bonds. The fourth-order valence-corrected chi connectivity index (χ4v) is 5.38. The van der Waals surface area contributed by atoms with Crippen LogP contribution in [0.15, 0.2) is 52.0 Å². The van der Waals surface area contributed by atoms with Crippen LogP contribution in [0.2, 0.25) is 0 Å². The van der Waals surface area contributed by atoms with Crippen molar-refractivity contribution in [1.82, 2.24) is 9.97 Å². The Bertz CT molecular complexity index is 1030. The van der Waals surface area contributed by atoms with Gasteiger partial charge in [-0.05, 0) is 32.6 Å². The number of nitrogens with zero attached hydrogens (tertiary/aromatic N) is 2. The predicted octanol–water partition coefficient (Wildman–Crippen LogP) is 1.05. The molecule has 2 heterocycles. The van der Waals surface area contributed by atoms with E-state index in [2.05, 4.69) is 9.97 Å². The summed E-state index contributed by atoms with van der Waals surface area (Å²) in [4.78, 5) is 8.80. The van der Waals surface area contributed by atoms with Gasteiger partial charge in [-0.25, -0.2) is 18.4 Å². The molecule has 1 aromatic carbocycles. The molecule has 0 saturated carbocycles. The highest BCUT2D eigenvalue weighted by atomic mass is 32.9. The average Bonchev–Trinajstić information content (AvgIpc) is 2.86. The van der Waals surface area contributed by atoms with Gasteiger partial charge in [-0.15, -0.1) is 0 Å². The highest BCUT2D eigenvalue weighted by Gasteiger charge is 2.22. The second-order valence-corrected chi connectivity index (χ2v) is 10.2. The number of aromatic nitrogens is 2. The van der Waals surface area contributed by atoms with E-state index in [4.69, 9.17) is 0 Å². The van der Waals surface area contributed by atoms with E-state index in [-0.39, 0.29) is 4.90 Å². The Balaban J connectivity index is 2.18. The van der Waals surface area contributed by atoms with Gasteiger partial charge in [-0.2, -0.15) is 8.42 Å². The summed E-state index contributed by atoms with van der Waals surface area (Å²) in [5.41, 5.74) is 1.95. The maximum atomic E-state index is 11.5. The Kier molecular flexibility index (Phi) is 3.71. The Morgan fingerprint density at radius 1 is 1.14 bits per heavy atom. The van der Waals surface area contributed by atoms with Gasteiger partial charge in [0, 0.05) is 18.0 Å². The number of hydrogen-bond donors (Lipinski definition) is 0. The first kappa shape index (κ1) is 15.1. The van der Waals surface area contributed by atoms with Crippen molar-refractivity contribution in [3.05, 3.63) is 53.5 Å². The fourth-order valence-electron chi connectivity index (χ4n) is 2.09. The van der Waals surface area contributed by atoms with Crippen molar-refractivity contribution in [1.29, 1.82) is 0 Å². The SMILES string of the molecule is CS(=O)(=O)c1ccc(C2=CS(=S(=O)=O)c3cncnc32)cc1. The van der Waals surface area contributed by atoms with E-state index in [1.54, 1.807) is 17.5 Å². The van der Waals surface area contributed by atoms with Gasteiger partial charge >= 0.3 is 0 Å². The minimum atomic E-state index is -3.27. The lowest BCUT2D eigenvalue weighted by Crippen LogP contribution is -1.97. The van der Waals surface area contributed by atoms with Gasteiger partial charge in [0.2, 0.25) is 9.26 Å². The van der Waals surface area contributed by atoms with Crippen LogP contribution in [0.1, 0.15) is 11.3 Å². The molecular weight excluding hydrogens is 344 g/mol. The van der Waals surface area contributed by atoms with Crippen molar-refractivity contribution >= 4 is 34.1 Å². The Morgan fingerprint density at radius 3 is 2.41 bits per heavy atom. The van der Waals surface area contributed by atoms with Crippen molar-refractivity contribution < 1.29 is 16.8 Å². The second-order valence-electron chi connectivity index (χ2n) is 4.57. The van der Waals surface area contributed by atoms with Crippen molar-refractivity contribution in [2.45, 2.75) is 9.79 Å². The van der Waals surface area contributed by atoms with Crippen LogP contribution in [-0.4, -0.2) is 33.1 Å². The largest absolute Gasteiger partial charge is 0.249 e. The summed E-state index contributed by atoms with van der Waals surface area (Å²) >= 11 is 0. The molecule has 0 N–H and O–H groups in total. The number of benzene rings is 1. The summed E-state index contributed by atoms with van der Waals surface area (Å²) in [5.74, 6) is 0. The van der Waals surface area contributed by atoms with Crippen LogP contribution in [0.5, 0.6) is 0 Å². The zero-order valence-electron chi connectivity index (χ0n) is 11.3. The molecule has 0 radical (unpaired) electrons. The van der Waals surface area contributed by atoms with Crippen LogP contribution >= 0.6 is 0 Å². The zero-order chi connectivity index (χ0) is 15.9. The normalized spacial score (nSPS) is 17.0. The van der Waals surface area contributed by atoms with E-state index in [1.807, 2.05) is 0 Å². The Hall–Kier alpha value is -1.84. The first-order chi connectivity index (χ1) is 10.4. The van der Waals surface area contributed by atoms with Gasteiger partial charge < -0.3 is 0 Å². The molecule has 0 spiro atoms. The molecule has 22 heavy (non-hydrogen) atoms. The first-order valence-corrected chi connectivity index (χ1v) is 10.8. The zero-order valence-corrected chi connectivity index (χ0v) is 13.7. The third kappa shape index (κ3) is 2.62. The third-order valence-electron chi connectivity index (χ3n) is 3.12. The first-order valence-electron chi connectivity index (χ1n) is 6.03. The van der Waals surface area contributed by atoms with Gasteiger partial charge in [0.05, 0.1) is 15.5 Å².